The highest BCUT2D eigenvalue weighted by molar-refractivity contribution is 6.30. The summed E-state index contributed by atoms with van der Waals surface area (Å²) in [5.41, 5.74) is 2.13. The fourth-order valence-corrected chi connectivity index (χ4v) is 2.25. The quantitative estimate of drug-likeness (QED) is 0.775. The summed E-state index contributed by atoms with van der Waals surface area (Å²) in [6.45, 7) is 2.12. The molecule has 3 rings (SSSR count). The largest absolute Gasteiger partial charge is 0.365 e. The van der Waals surface area contributed by atoms with Crippen LogP contribution in [0.3, 0.4) is 0 Å². The smallest absolute Gasteiger partial charge is 0.138 e. The van der Waals surface area contributed by atoms with Crippen LogP contribution in [0.15, 0.2) is 54.9 Å². The van der Waals surface area contributed by atoms with E-state index in [1.807, 2.05) is 53.1 Å². The third-order valence-electron chi connectivity index (χ3n) is 3.16. The molecule has 96 valence electrons. The van der Waals surface area contributed by atoms with Gasteiger partial charge >= 0.3 is 0 Å². The fraction of sp³-hybridized carbons (Fsp3) is 0.133. The minimum absolute atomic E-state index is 0.199. The number of nitrogens with zero attached hydrogens (tertiary/aromatic N) is 2. The minimum atomic E-state index is 0.199. The van der Waals surface area contributed by atoms with Crippen LogP contribution in [0.4, 0.5) is 5.82 Å². The van der Waals surface area contributed by atoms with Gasteiger partial charge in [-0.25, -0.2) is 4.98 Å². The van der Waals surface area contributed by atoms with Crippen molar-refractivity contribution in [2.24, 2.45) is 0 Å². The molecular formula is C15H14ClN3. The fourth-order valence-electron chi connectivity index (χ4n) is 2.12. The minimum Gasteiger partial charge on any atom is -0.365 e. The molecule has 1 aromatic carbocycles. The summed E-state index contributed by atoms with van der Waals surface area (Å²) in [4.78, 5) is 4.28. The maximum atomic E-state index is 5.91. The van der Waals surface area contributed by atoms with Gasteiger partial charge in [-0.1, -0.05) is 29.8 Å². The number of aromatic nitrogens is 2. The topological polar surface area (TPSA) is 29.3 Å². The van der Waals surface area contributed by atoms with Crippen molar-refractivity contribution in [1.29, 1.82) is 0 Å². The second-order valence-electron chi connectivity index (χ2n) is 4.48. The summed E-state index contributed by atoms with van der Waals surface area (Å²) in [6.07, 6.45) is 3.75. The molecule has 2 aromatic heterocycles. The van der Waals surface area contributed by atoms with E-state index >= 15 is 0 Å². The SMILES string of the molecule is CC(Nc1cccc2nccn12)c1ccc(Cl)cc1. The van der Waals surface area contributed by atoms with E-state index < -0.39 is 0 Å². The molecule has 0 amide bonds. The zero-order chi connectivity index (χ0) is 13.2. The Morgan fingerprint density at radius 2 is 1.95 bits per heavy atom. The normalized spacial score (nSPS) is 12.5. The molecule has 19 heavy (non-hydrogen) atoms. The summed E-state index contributed by atoms with van der Waals surface area (Å²) >= 11 is 5.91. The van der Waals surface area contributed by atoms with Crippen molar-refractivity contribution in [1.82, 2.24) is 9.38 Å². The monoisotopic (exact) mass is 271 g/mol. The van der Waals surface area contributed by atoms with Gasteiger partial charge in [-0.05, 0) is 36.8 Å². The number of nitrogens with one attached hydrogen (secondary N) is 1. The van der Waals surface area contributed by atoms with Gasteiger partial charge in [0.2, 0.25) is 0 Å². The molecule has 0 aliphatic carbocycles. The van der Waals surface area contributed by atoms with Crippen LogP contribution in [0.25, 0.3) is 5.65 Å². The zero-order valence-electron chi connectivity index (χ0n) is 10.5. The van der Waals surface area contributed by atoms with Crippen LogP contribution in [0.2, 0.25) is 5.02 Å². The second kappa shape index (κ2) is 4.94. The lowest BCUT2D eigenvalue weighted by Crippen LogP contribution is -2.09. The molecule has 4 heteroatoms. The maximum absolute atomic E-state index is 5.91. The van der Waals surface area contributed by atoms with Crippen LogP contribution >= 0.6 is 11.6 Å². The first-order chi connectivity index (χ1) is 9.24. The van der Waals surface area contributed by atoms with Gasteiger partial charge in [0.25, 0.3) is 0 Å². The molecule has 0 saturated heterocycles. The van der Waals surface area contributed by atoms with Gasteiger partial charge in [-0.3, -0.25) is 4.40 Å². The number of rotatable bonds is 3. The highest BCUT2D eigenvalue weighted by atomic mass is 35.5. The molecule has 0 spiro atoms. The molecule has 0 saturated carbocycles. The number of benzene rings is 1. The molecule has 1 unspecified atom stereocenters. The third-order valence-corrected chi connectivity index (χ3v) is 3.41. The molecule has 2 heterocycles. The summed E-state index contributed by atoms with van der Waals surface area (Å²) in [7, 11) is 0. The zero-order valence-corrected chi connectivity index (χ0v) is 11.3. The number of pyridine rings is 1. The lowest BCUT2D eigenvalue weighted by atomic mass is 10.1. The summed E-state index contributed by atoms with van der Waals surface area (Å²) in [6, 6.07) is 14.1. The van der Waals surface area contributed by atoms with E-state index in [0.717, 1.165) is 16.5 Å². The number of halogens is 1. The van der Waals surface area contributed by atoms with Crippen LogP contribution in [-0.2, 0) is 0 Å². The van der Waals surface area contributed by atoms with Crippen LogP contribution in [0, 0.1) is 0 Å². The molecule has 0 radical (unpaired) electrons. The Morgan fingerprint density at radius 1 is 1.16 bits per heavy atom. The Balaban J connectivity index is 1.88. The van der Waals surface area contributed by atoms with E-state index in [0.29, 0.717) is 0 Å². The van der Waals surface area contributed by atoms with E-state index in [4.69, 9.17) is 11.6 Å². The number of imidazole rings is 1. The standard InChI is InChI=1S/C15H14ClN3/c1-11(12-5-7-13(16)8-6-12)18-15-4-2-3-14-17-9-10-19(14)15/h2-11,18H,1H3. The van der Waals surface area contributed by atoms with Gasteiger partial charge < -0.3 is 5.32 Å². The highest BCUT2D eigenvalue weighted by Gasteiger charge is 2.07. The first-order valence-corrected chi connectivity index (χ1v) is 6.56. The number of hydrogen-bond donors (Lipinski definition) is 1. The van der Waals surface area contributed by atoms with Crippen LogP contribution < -0.4 is 5.32 Å². The predicted octanol–water partition coefficient (Wildman–Crippen LogP) is 4.16. The summed E-state index contributed by atoms with van der Waals surface area (Å²) in [5.74, 6) is 1.03. The first-order valence-electron chi connectivity index (χ1n) is 6.18. The van der Waals surface area contributed by atoms with Gasteiger partial charge in [0, 0.05) is 23.5 Å². The van der Waals surface area contributed by atoms with Gasteiger partial charge in [0.1, 0.15) is 11.5 Å². The number of hydrogen-bond acceptors (Lipinski definition) is 2. The molecule has 0 aliphatic heterocycles. The van der Waals surface area contributed by atoms with E-state index in [1.165, 1.54) is 5.56 Å². The van der Waals surface area contributed by atoms with E-state index in [-0.39, 0.29) is 6.04 Å². The first kappa shape index (κ1) is 12.1. The van der Waals surface area contributed by atoms with Crippen molar-refractivity contribution in [3.8, 4) is 0 Å². The molecule has 0 bridgehead atoms. The molecule has 3 aromatic rings. The van der Waals surface area contributed by atoms with Gasteiger partial charge in [-0.15, -0.1) is 0 Å². The van der Waals surface area contributed by atoms with Crippen molar-refractivity contribution in [2.45, 2.75) is 13.0 Å². The lowest BCUT2D eigenvalue weighted by Gasteiger charge is -2.16. The van der Waals surface area contributed by atoms with Gasteiger partial charge in [0.15, 0.2) is 0 Å². The Hall–Kier alpha value is -2.00. The van der Waals surface area contributed by atoms with Gasteiger partial charge in [0.05, 0.1) is 0 Å². The van der Waals surface area contributed by atoms with Crippen molar-refractivity contribution < 1.29 is 0 Å². The molecule has 1 atom stereocenters. The maximum Gasteiger partial charge on any atom is 0.138 e. The van der Waals surface area contributed by atoms with E-state index in [9.17, 15) is 0 Å². The summed E-state index contributed by atoms with van der Waals surface area (Å²) < 4.78 is 2.03. The van der Waals surface area contributed by atoms with Crippen LogP contribution in [0.5, 0.6) is 0 Å². The predicted molar refractivity (Wildman–Crippen MR) is 78.7 cm³/mol. The van der Waals surface area contributed by atoms with Crippen molar-refractivity contribution in [3.63, 3.8) is 0 Å². The van der Waals surface area contributed by atoms with Crippen LogP contribution in [-0.4, -0.2) is 9.38 Å². The Labute approximate surface area is 116 Å². The Kier molecular flexibility index (Phi) is 3.13. The summed E-state index contributed by atoms with van der Waals surface area (Å²) in [5, 5.41) is 4.24. The highest BCUT2D eigenvalue weighted by Crippen LogP contribution is 2.21. The van der Waals surface area contributed by atoms with E-state index in [2.05, 4.69) is 17.2 Å². The average Bonchev–Trinajstić information content (AvgIpc) is 2.89. The number of anilines is 1. The molecular weight excluding hydrogens is 258 g/mol. The molecule has 0 fully saturated rings. The molecule has 0 aliphatic rings. The lowest BCUT2D eigenvalue weighted by molar-refractivity contribution is 0.868. The van der Waals surface area contributed by atoms with Crippen molar-refractivity contribution in [3.05, 3.63) is 65.4 Å². The number of fused-ring (bicyclic) bond motifs is 1. The third kappa shape index (κ3) is 2.42. The second-order valence-corrected chi connectivity index (χ2v) is 4.92. The van der Waals surface area contributed by atoms with Crippen molar-refractivity contribution in [2.75, 3.05) is 5.32 Å². The molecule has 1 N–H and O–H groups in total. The Morgan fingerprint density at radius 3 is 2.74 bits per heavy atom. The van der Waals surface area contributed by atoms with Crippen LogP contribution in [0.1, 0.15) is 18.5 Å². The van der Waals surface area contributed by atoms with Crippen molar-refractivity contribution >= 4 is 23.1 Å². The van der Waals surface area contributed by atoms with Gasteiger partial charge in [-0.2, -0.15) is 0 Å². The average molecular weight is 272 g/mol. The molecule has 3 nitrogen and oxygen atoms in total. The van der Waals surface area contributed by atoms with E-state index in [1.54, 1.807) is 6.20 Å². The Bertz CT molecular complexity index is 688.